The summed E-state index contributed by atoms with van der Waals surface area (Å²) in [5, 5.41) is 1.34. The summed E-state index contributed by atoms with van der Waals surface area (Å²) in [4.78, 5) is 8.30. The van der Waals surface area contributed by atoms with E-state index >= 15 is 0 Å². The van der Waals surface area contributed by atoms with Gasteiger partial charge < -0.3 is 4.98 Å². The smallest absolute Gasteiger partial charge is 0.0884 e. The van der Waals surface area contributed by atoms with E-state index in [9.17, 15) is 0 Å². The van der Waals surface area contributed by atoms with E-state index in [1.165, 1.54) is 33.3 Å². The van der Waals surface area contributed by atoms with E-state index in [-0.39, 0.29) is 0 Å². The van der Waals surface area contributed by atoms with Crippen molar-refractivity contribution < 1.29 is 0 Å². The molecule has 2 heteroatoms. The molecule has 0 unspecified atom stereocenters. The summed E-state index contributed by atoms with van der Waals surface area (Å²) >= 11 is 0. The lowest BCUT2D eigenvalue weighted by atomic mass is 9.97. The Morgan fingerprint density at radius 2 is 1.80 bits per heavy atom. The molecule has 1 aromatic heterocycles. The van der Waals surface area contributed by atoms with Crippen LogP contribution in [0.5, 0.6) is 0 Å². The zero-order valence-electron chi connectivity index (χ0n) is 11.5. The number of para-hydroxylation sites is 1. The minimum Gasteiger partial charge on any atom is -0.353 e. The second-order valence-electron chi connectivity index (χ2n) is 5.37. The van der Waals surface area contributed by atoms with Gasteiger partial charge in [-0.15, -0.1) is 0 Å². The van der Waals surface area contributed by atoms with Gasteiger partial charge in [0.1, 0.15) is 0 Å². The molecule has 0 saturated carbocycles. The summed E-state index contributed by atoms with van der Waals surface area (Å²) in [5.41, 5.74) is 7.39. The van der Waals surface area contributed by atoms with Gasteiger partial charge in [0.2, 0.25) is 0 Å². The van der Waals surface area contributed by atoms with Gasteiger partial charge >= 0.3 is 0 Å². The first-order valence-electron chi connectivity index (χ1n) is 7.04. The number of aryl methyl sites for hydroxylation is 1. The molecule has 0 aliphatic carbocycles. The van der Waals surface area contributed by atoms with Crippen LogP contribution in [-0.2, 0) is 6.42 Å². The summed E-state index contributed by atoms with van der Waals surface area (Å²) in [6.07, 6.45) is 1.02. The molecule has 0 saturated heterocycles. The van der Waals surface area contributed by atoms with E-state index in [1.807, 2.05) is 0 Å². The van der Waals surface area contributed by atoms with E-state index in [1.54, 1.807) is 0 Å². The molecule has 98 valence electrons. The van der Waals surface area contributed by atoms with Crippen LogP contribution in [0.3, 0.4) is 0 Å². The van der Waals surface area contributed by atoms with Crippen molar-refractivity contribution in [1.82, 2.24) is 4.98 Å². The first-order chi connectivity index (χ1) is 9.83. The molecule has 0 bridgehead atoms. The highest BCUT2D eigenvalue weighted by molar-refractivity contribution is 6.15. The fourth-order valence-electron chi connectivity index (χ4n) is 2.97. The molecular formula is C18H16N2. The predicted octanol–water partition coefficient (Wildman–Crippen LogP) is 3.87. The Bertz CT molecular complexity index is 807. The highest BCUT2D eigenvalue weighted by atomic mass is 14.8. The van der Waals surface area contributed by atoms with Crippen molar-refractivity contribution in [3.8, 4) is 0 Å². The van der Waals surface area contributed by atoms with Crippen molar-refractivity contribution in [2.45, 2.75) is 13.3 Å². The summed E-state index contributed by atoms with van der Waals surface area (Å²) in [7, 11) is 0. The number of aromatic nitrogens is 1. The molecule has 2 heterocycles. The topological polar surface area (TPSA) is 28.1 Å². The molecule has 0 spiro atoms. The van der Waals surface area contributed by atoms with Crippen molar-refractivity contribution in [1.29, 1.82) is 0 Å². The Labute approximate surface area is 118 Å². The number of nitrogens with zero attached hydrogens (tertiary/aromatic N) is 1. The van der Waals surface area contributed by atoms with E-state index in [0.29, 0.717) is 0 Å². The van der Waals surface area contributed by atoms with E-state index in [4.69, 9.17) is 4.99 Å². The molecule has 20 heavy (non-hydrogen) atoms. The summed E-state index contributed by atoms with van der Waals surface area (Å²) in [6.45, 7) is 2.99. The maximum atomic E-state index is 4.75. The lowest BCUT2D eigenvalue weighted by Crippen LogP contribution is -2.13. The minimum absolute atomic E-state index is 0.873. The Morgan fingerprint density at radius 3 is 2.65 bits per heavy atom. The van der Waals surface area contributed by atoms with Crippen LogP contribution >= 0.6 is 0 Å². The van der Waals surface area contributed by atoms with Crippen LogP contribution in [-0.4, -0.2) is 17.2 Å². The summed E-state index contributed by atoms with van der Waals surface area (Å²) in [6, 6.07) is 17.1. The zero-order chi connectivity index (χ0) is 13.5. The molecular weight excluding hydrogens is 244 g/mol. The molecule has 0 amide bonds. The molecule has 0 atom stereocenters. The molecule has 0 radical (unpaired) electrons. The van der Waals surface area contributed by atoms with E-state index in [2.05, 4.69) is 60.4 Å². The largest absolute Gasteiger partial charge is 0.353 e. The van der Waals surface area contributed by atoms with Gasteiger partial charge in [-0.25, -0.2) is 0 Å². The standard InChI is InChI=1S/C18H16N2/c1-12-6-8-13(9-7-12)17-18-15(10-11-19-17)14-4-2-3-5-16(14)20-18/h2-9,20H,10-11H2,1H3. The predicted molar refractivity (Wildman–Crippen MR) is 83.7 cm³/mol. The Morgan fingerprint density at radius 1 is 1.00 bits per heavy atom. The number of H-pyrrole nitrogens is 1. The van der Waals surface area contributed by atoms with Gasteiger partial charge in [-0.1, -0.05) is 48.0 Å². The van der Waals surface area contributed by atoms with Crippen LogP contribution in [0.2, 0.25) is 0 Å². The van der Waals surface area contributed by atoms with Crippen LogP contribution in [0, 0.1) is 6.92 Å². The maximum Gasteiger partial charge on any atom is 0.0884 e. The number of nitrogens with one attached hydrogen (secondary N) is 1. The first-order valence-corrected chi connectivity index (χ1v) is 7.04. The van der Waals surface area contributed by atoms with Crippen molar-refractivity contribution in [2.24, 2.45) is 4.99 Å². The molecule has 1 aliphatic heterocycles. The summed E-state index contributed by atoms with van der Waals surface area (Å²) in [5.74, 6) is 0. The fourth-order valence-corrected chi connectivity index (χ4v) is 2.97. The molecule has 1 N–H and O–H groups in total. The number of benzene rings is 2. The highest BCUT2D eigenvalue weighted by Crippen LogP contribution is 2.28. The number of hydrogen-bond donors (Lipinski definition) is 1. The monoisotopic (exact) mass is 260 g/mol. The quantitative estimate of drug-likeness (QED) is 0.688. The van der Waals surface area contributed by atoms with Crippen LogP contribution in [0.4, 0.5) is 0 Å². The van der Waals surface area contributed by atoms with Crippen molar-refractivity contribution in [3.05, 3.63) is 70.9 Å². The zero-order valence-corrected chi connectivity index (χ0v) is 11.5. The van der Waals surface area contributed by atoms with Crippen LogP contribution in [0.1, 0.15) is 22.4 Å². The van der Waals surface area contributed by atoms with Gasteiger partial charge in [0.05, 0.1) is 11.4 Å². The molecule has 2 nitrogen and oxygen atoms in total. The summed E-state index contributed by atoms with van der Waals surface area (Å²) < 4.78 is 0. The maximum absolute atomic E-state index is 4.75. The first kappa shape index (κ1) is 11.5. The number of aliphatic imine (C=N–C) groups is 1. The molecule has 4 rings (SSSR count). The third-order valence-electron chi connectivity index (χ3n) is 4.01. The SMILES string of the molecule is Cc1ccc(C2=NCCc3c2[nH]c2ccccc32)cc1. The van der Waals surface area contributed by atoms with Crippen molar-refractivity contribution in [3.63, 3.8) is 0 Å². The van der Waals surface area contributed by atoms with Gasteiger partial charge in [-0.05, 0) is 25.0 Å². The molecule has 3 aromatic rings. The van der Waals surface area contributed by atoms with Gasteiger partial charge in [-0.3, -0.25) is 4.99 Å². The highest BCUT2D eigenvalue weighted by Gasteiger charge is 2.20. The number of fused-ring (bicyclic) bond motifs is 3. The Kier molecular flexibility index (Phi) is 2.49. The lowest BCUT2D eigenvalue weighted by Gasteiger charge is -2.13. The fraction of sp³-hybridized carbons (Fsp3) is 0.167. The van der Waals surface area contributed by atoms with Crippen molar-refractivity contribution in [2.75, 3.05) is 6.54 Å². The van der Waals surface area contributed by atoms with Crippen LogP contribution < -0.4 is 0 Å². The van der Waals surface area contributed by atoms with Gasteiger partial charge in [0, 0.05) is 23.0 Å². The minimum atomic E-state index is 0.873. The molecule has 2 aromatic carbocycles. The molecule has 1 aliphatic rings. The lowest BCUT2D eigenvalue weighted by molar-refractivity contribution is 0.948. The Balaban J connectivity index is 1.92. The van der Waals surface area contributed by atoms with E-state index in [0.717, 1.165) is 18.7 Å². The third kappa shape index (κ3) is 1.68. The van der Waals surface area contributed by atoms with Gasteiger partial charge in [0.25, 0.3) is 0 Å². The second-order valence-corrected chi connectivity index (χ2v) is 5.37. The van der Waals surface area contributed by atoms with E-state index < -0.39 is 0 Å². The third-order valence-corrected chi connectivity index (χ3v) is 4.01. The Hall–Kier alpha value is -2.35. The van der Waals surface area contributed by atoms with Crippen LogP contribution in [0.25, 0.3) is 10.9 Å². The van der Waals surface area contributed by atoms with Gasteiger partial charge in [0.15, 0.2) is 0 Å². The molecule has 0 fully saturated rings. The number of hydrogen-bond acceptors (Lipinski definition) is 1. The number of aromatic amines is 1. The second kappa shape index (κ2) is 4.34. The van der Waals surface area contributed by atoms with Crippen molar-refractivity contribution >= 4 is 16.6 Å². The average molecular weight is 260 g/mol. The normalized spacial score (nSPS) is 14.2. The number of rotatable bonds is 1. The van der Waals surface area contributed by atoms with Crippen LogP contribution in [0.15, 0.2) is 53.5 Å². The average Bonchev–Trinajstić information content (AvgIpc) is 2.87. The van der Waals surface area contributed by atoms with Gasteiger partial charge in [-0.2, -0.15) is 0 Å².